The lowest BCUT2D eigenvalue weighted by Gasteiger charge is -2.31. The smallest absolute Gasteiger partial charge is 0.223 e. The molecular weight excluding hydrogens is 326 g/mol. The van der Waals surface area contributed by atoms with Crippen molar-refractivity contribution in [1.29, 1.82) is 0 Å². The van der Waals surface area contributed by atoms with Gasteiger partial charge >= 0.3 is 0 Å². The van der Waals surface area contributed by atoms with Crippen molar-refractivity contribution in [2.24, 2.45) is 5.41 Å². The van der Waals surface area contributed by atoms with E-state index in [1.807, 2.05) is 6.92 Å². The van der Waals surface area contributed by atoms with Crippen LogP contribution in [0.4, 0.5) is 0 Å². The highest BCUT2D eigenvalue weighted by Gasteiger charge is 2.31. The third-order valence-corrected chi connectivity index (χ3v) is 5.44. The van der Waals surface area contributed by atoms with Gasteiger partial charge in [-0.1, -0.05) is 12.1 Å². The van der Waals surface area contributed by atoms with Crippen molar-refractivity contribution in [3.8, 4) is 0 Å². The molecule has 1 N–H and O–H groups in total. The molecule has 1 aromatic heterocycles. The van der Waals surface area contributed by atoms with Gasteiger partial charge < -0.3 is 14.7 Å². The Morgan fingerprint density at radius 1 is 1.38 bits per heavy atom. The molecule has 2 aliphatic heterocycles. The van der Waals surface area contributed by atoms with Gasteiger partial charge in [-0.2, -0.15) is 4.98 Å². The molecule has 3 rings (SSSR count). The van der Waals surface area contributed by atoms with Crippen LogP contribution >= 0.6 is 12.4 Å². The summed E-state index contributed by atoms with van der Waals surface area (Å²) in [4.78, 5) is 9.40. The lowest BCUT2D eigenvalue weighted by atomic mass is 9.89. The standard InChI is InChI=1S/C17H31N5O.ClH/c1-14-19-16(20-23-14)11-21(3)15-5-4-9-22(10-6-15)13-17(2)7-8-18-12-17;/h15,18H,4-13H2,1-3H3;1H. The molecule has 2 fully saturated rings. The van der Waals surface area contributed by atoms with Gasteiger partial charge in [-0.25, -0.2) is 0 Å². The molecule has 0 aliphatic carbocycles. The van der Waals surface area contributed by atoms with Crippen molar-refractivity contribution in [2.45, 2.75) is 52.1 Å². The van der Waals surface area contributed by atoms with Crippen LogP contribution in [0.3, 0.4) is 0 Å². The lowest BCUT2D eigenvalue weighted by Crippen LogP contribution is -2.38. The van der Waals surface area contributed by atoms with Gasteiger partial charge in [0, 0.05) is 26.1 Å². The fourth-order valence-corrected chi connectivity index (χ4v) is 4.04. The zero-order valence-corrected chi connectivity index (χ0v) is 16.1. The molecule has 2 aliphatic rings. The zero-order chi connectivity index (χ0) is 16.3. The summed E-state index contributed by atoms with van der Waals surface area (Å²) in [6.45, 7) is 11.1. The highest BCUT2D eigenvalue weighted by molar-refractivity contribution is 5.85. The van der Waals surface area contributed by atoms with Crippen LogP contribution in [0.25, 0.3) is 0 Å². The van der Waals surface area contributed by atoms with Gasteiger partial charge in [0.1, 0.15) is 0 Å². The molecule has 0 radical (unpaired) electrons. The Balaban J connectivity index is 0.00000208. The first-order valence-electron chi connectivity index (χ1n) is 8.97. The third-order valence-electron chi connectivity index (χ3n) is 5.44. The molecule has 24 heavy (non-hydrogen) atoms. The second kappa shape index (κ2) is 8.61. The van der Waals surface area contributed by atoms with Gasteiger partial charge in [0.25, 0.3) is 0 Å². The van der Waals surface area contributed by atoms with E-state index in [0.29, 0.717) is 17.3 Å². The molecule has 0 saturated carbocycles. The van der Waals surface area contributed by atoms with Crippen molar-refractivity contribution < 1.29 is 4.52 Å². The van der Waals surface area contributed by atoms with E-state index in [2.05, 4.69) is 39.2 Å². The number of hydrogen-bond donors (Lipinski definition) is 1. The fraction of sp³-hybridized carbons (Fsp3) is 0.882. The van der Waals surface area contributed by atoms with Gasteiger partial charge in [-0.3, -0.25) is 4.90 Å². The molecule has 1 aromatic rings. The number of nitrogens with zero attached hydrogens (tertiary/aromatic N) is 4. The van der Waals surface area contributed by atoms with Crippen LogP contribution in [-0.4, -0.2) is 65.8 Å². The van der Waals surface area contributed by atoms with Crippen molar-refractivity contribution >= 4 is 12.4 Å². The normalized spacial score (nSPS) is 28.8. The van der Waals surface area contributed by atoms with E-state index < -0.39 is 0 Å². The largest absolute Gasteiger partial charge is 0.340 e. The molecular formula is C17H32ClN5O. The maximum Gasteiger partial charge on any atom is 0.223 e. The van der Waals surface area contributed by atoms with Crippen LogP contribution in [-0.2, 0) is 6.54 Å². The van der Waals surface area contributed by atoms with E-state index in [1.54, 1.807) is 0 Å². The average Bonchev–Trinajstić information content (AvgIpc) is 3.03. The topological polar surface area (TPSA) is 57.4 Å². The average molecular weight is 358 g/mol. The second-order valence-corrected chi connectivity index (χ2v) is 7.74. The Hall–Kier alpha value is -0.690. The minimum Gasteiger partial charge on any atom is -0.340 e. The first kappa shape index (κ1) is 19.6. The highest BCUT2D eigenvalue weighted by Crippen LogP contribution is 2.27. The Bertz CT molecular complexity index is 503. The maximum absolute atomic E-state index is 5.08. The molecule has 138 valence electrons. The minimum absolute atomic E-state index is 0. The second-order valence-electron chi connectivity index (χ2n) is 7.74. The van der Waals surface area contributed by atoms with Gasteiger partial charge in [0.2, 0.25) is 5.89 Å². The van der Waals surface area contributed by atoms with Crippen LogP contribution in [0.1, 0.15) is 44.3 Å². The summed E-state index contributed by atoms with van der Waals surface area (Å²) in [7, 11) is 2.19. The predicted molar refractivity (Wildman–Crippen MR) is 97.4 cm³/mol. The first-order chi connectivity index (χ1) is 11.0. The molecule has 2 unspecified atom stereocenters. The number of likely N-dealkylation sites (tertiary alicyclic amines) is 1. The van der Waals surface area contributed by atoms with Crippen LogP contribution in [0.15, 0.2) is 4.52 Å². The molecule has 6 nitrogen and oxygen atoms in total. The molecule has 0 amide bonds. The summed E-state index contributed by atoms with van der Waals surface area (Å²) < 4.78 is 5.08. The van der Waals surface area contributed by atoms with E-state index in [-0.39, 0.29) is 12.4 Å². The number of aromatic nitrogens is 2. The van der Waals surface area contributed by atoms with Gasteiger partial charge in [-0.05, 0) is 57.8 Å². The monoisotopic (exact) mass is 357 g/mol. The number of halogens is 1. The number of rotatable bonds is 5. The number of aryl methyl sites for hydroxylation is 1. The van der Waals surface area contributed by atoms with Crippen LogP contribution in [0.5, 0.6) is 0 Å². The summed E-state index contributed by atoms with van der Waals surface area (Å²) in [5.74, 6) is 1.45. The van der Waals surface area contributed by atoms with Crippen LogP contribution in [0.2, 0.25) is 0 Å². The first-order valence-corrected chi connectivity index (χ1v) is 8.97. The SMILES string of the molecule is Cc1nc(CN(C)C2CCCN(CC3(C)CCNC3)CC2)no1.Cl. The van der Waals surface area contributed by atoms with E-state index in [1.165, 1.54) is 58.4 Å². The summed E-state index contributed by atoms with van der Waals surface area (Å²) >= 11 is 0. The van der Waals surface area contributed by atoms with Crippen molar-refractivity contribution in [3.63, 3.8) is 0 Å². The van der Waals surface area contributed by atoms with Crippen molar-refractivity contribution in [3.05, 3.63) is 11.7 Å². The highest BCUT2D eigenvalue weighted by atomic mass is 35.5. The Morgan fingerprint density at radius 3 is 2.88 bits per heavy atom. The maximum atomic E-state index is 5.08. The number of nitrogens with one attached hydrogen (secondary N) is 1. The van der Waals surface area contributed by atoms with E-state index in [0.717, 1.165) is 12.4 Å². The quantitative estimate of drug-likeness (QED) is 0.870. The van der Waals surface area contributed by atoms with E-state index >= 15 is 0 Å². The van der Waals surface area contributed by atoms with Gasteiger partial charge in [0.15, 0.2) is 5.82 Å². The Labute approximate surface area is 151 Å². The molecule has 2 atom stereocenters. The van der Waals surface area contributed by atoms with Crippen LogP contribution < -0.4 is 5.32 Å². The summed E-state index contributed by atoms with van der Waals surface area (Å²) in [5, 5.41) is 7.54. The predicted octanol–water partition coefficient (Wildman–Crippen LogP) is 2.09. The Kier molecular flexibility index (Phi) is 7.04. The molecule has 2 saturated heterocycles. The van der Waals surface area contributed by atoms with Crippen molar-refractivity contribution in [2.75, 3.05) is 39.8 Å². The van der Waals surface area contributed by atoms with Crippen molar-refractivity contribution in [1.82, 2.24) is 25.3 Å². The molecule has 0 spiro atoms. The van der Waals surface area contributed by atoms with E-state index in [9.17, 15) is 0 Å². The summed E-state index contributed by atoms with van der Waals surface area (Å²) in [6, 6.07) is 0.619. The summed E-state index contributed by atoms with van der Waals surface area (Å²) in [6.07, 6.45) is 5.09. The Morgan fingerprint density at radius 2 is 2.21 bits per heavy atom. The van der Waals surface area contributed by atoms with Gasteiger partial charge in [0.05, 0.1) is 6.54 Å². The molecule has 3 heterocycles. The lowest BCUT2D eigenvalue weighted by molar-refractivity contribution is 0.170. The molecule has 0 bridgehead atoms. The minimum atomic E-state index is 0. The fourth-order valence-electron chi connectivity index (χ4n) is 4.04. The molecule has 0 aromatic carbocycles. The van der Waals surface area contributed by atoms with E-state index in [4.69, 9.17) is 4.52 Å². The van der Waals surface area contributed by atoms with Gasteiger partial charge in [-0.15, -0.1) is 12.4 Å². The summed E-state index contributed by atoms with van der Waals surface area (Å²) in [5.41, 5.74) is 0.466. The molecule has 7 heteroatoms. The van der Waals surface area contributed by atoms with Crippen LogP contribution in [0, 0.1) is 12.3 Å². The third kappa shape index (κ3) is 5.15. The zero-order valence-electron chi connectivity index (χ0n) is 15.3. The number of hydrogen-bond acceptors (Lipinski definition) is 6.